The minimum absolute atomic E-state index is 0.122. The number of carbonyl (C=O) groups excluding carboxylic acids is 1. The normalized spacial score (nSPS) is 16.9. The Hall–Kier alpha value is -1.04. The van der Waals surface area contributed by atoms with E-state index in [1.807, 2.05) is 0 Å². The standard InChI is InChI=1S/C13H18Cl2N4O/c1-16-13(20)18-9-2-4-19(5-3-9)8-10-11(14)6-17-7-12(10)15/h6-7,9H,2-5,8H2,1H3,(H2,16,18,20). The number of urea groups is 1. The molecule has 7 heteroatoms. The summed E-state index contributed by atoms with van der Waals surface area (Å²) in [6.07, 6.45) is 5.08. The predicted molar refractivity (Wildman–Crippen MR) is 80.1 cm³/mol. The molecule has 1 aliphatic heterocycles. The van der Waals surface area contributed by atoms with Crippen LogP contribution in [0.25, 0.3) is 0 Å². The molecule has 0 radical (unpaired) electrons. The molecular weight excluding hydrogens is 299 g/mol. The van der Waals surface area contributed by atoms with Gasteiger partial charge in [-0.2, -0.15) is 0 Å². The molecule has 1 saturated heterocycles. The van der Waals surface area contributed by atoms with Gasteiger partial charge in [-0.15, -0.1) is 0 Å². The molecule has 0 aromatic carbocycles. The SMILES string of the molecule is CNC(=O)NC1CCN(Cc2c(Cl)cncc2Cl)CC1. The van der Waals surface area contributed by atoms with Crippen LogP contribution in [0.5, 0.6) is 0 Å². The summed E-state index contributed by atoms with van der Waals surface area (Å²) >= 11 is 12.3. The van der Waals surface area contributed by atoms with E-state index in [9.17, 15) is 4.79 Å². The van der Waals surface area contributed by atoms with Crippen LogP contribution in [-0.2, 0) is 6.54 Å². The lowest BCUT2D eigenvalue weighted by atomic mass is 10.0. The Balaban J connectivity index is 1.87. The second kappa shape index (κ2) is 7.11. The smallest absolute Gasteiger partial charge is 0.314 e. The highest BCUT2D eigenvalue weighted by atomic mass is 35.5. The van der Waals surface area contributed by atoms with Crippen molar-refractivity contribution in [2.24, 2.45) is 0 Å². The fourth-order valence-electron chi connectivity index (χ4n) is 2.31. The van der Waals surface area contributed by atoms with Crippen molar-refractivity contribution in [1.82, 2.24) is 20.5 Å². The molecule has 1 aromatic heterocycles. The van der Waals surface area contributed by atoms with E-state index in [1.165, 1.54) is 0 Å². The van der Waals surface area contributed by atoms with E-state index < -0.39 is 0 Å². The van der Waals surface area contributed by atoms with Crippen LogP contribution in [0.2, 0.25) is 10.0 Å². The van der Waals surface area contributed by atoms with E-state index in [0.29, 0.717) is 16.6 Å². The van der Waals surface area contributed by atoms with Crippen molar-refractivity contribution in [3.05, 3.63) is 28.0 Å². The summed E-state index contributed by atoms with van der Waals surface area (Å²) in [6, 6.07) is 0.109. The molecule has 0 aliphatic carbocycles. The van der Waals surface area contributed by atoms with Crippen LogP contribution in [0.4, 0.5) is 4.79 Å². The molecule has 5 nitrogen and oxygen atoms in total. The minimum atomic E-state index is -0.122. The van der Waals surface area contributed by atoms with Crippen molar-refractivity contribution in [3.63, 3.8) is 0 Å². The number of aromatic nitrogens is 1. The van der Waals surface area contributed by atoms with Gasteiger partial charge < -0.3 is 10.6 Å². The molecule has 110 valence electrons. The molecule has 1 aliphatic rings. The van der Waals surface area contributed by atoms with Gasteiger partial charge in [-0.05, 0) is 12.8 Å². The monoisotopic (exact) mass is 316 g/mol. The van der Waals surface area contributed by atoms with Gasteiger partial charge in [0.2, 0.25) is 0 Å². The first-order chi connectivity index (χ1) is 9.60. The van der Waals surface area contributed by atoms with E-state index in [0.717, 1.165) is 31.5 Å². The first kappa shape index (κ1) is 15.4. The molecule has 1 fully saturated rings. The number of amides is 2. The maximum Gasteiger partial charge on any atom is 0.314 e. The Labute approximate surface area is 128 Å². The summed E-state index contributed by atoms with van der Waals surface area (Å²) in [5.41, 5.74) is 0.918. The highest BCUT2D eigenvalue weighted by Crippen LogP contribution is 2.25. The second-order valence-corrected chi connectivity index (χ2v) is 5.67. The first-order valence-corrected chi connectivity index (χ1v) is 7.34. The lowest BCUT2D eigenvalue weighted by Crippen LogP contribution is -2.46. The molecule has 2 N–H and O–H groups in total. The molecule has 0 atom stereocenters. The Morgan fingerprint density at radius 1 is 1.35 bits per heavy atom. The van der Waals surface area contributed by atoms with Crippen LogP contribution in [0.1, 0.15) is 18.4 Å². The number of halogens is 2. The van der Waals surface area contributed by atoms with Gasteiger partial charge in [0.25, 0.3) is 0 Å². The predicted octanol–water partition coefficient (Wildman–Crippen LogP) is 2.28. The Kier molecular flexibility index (Phi) is 5.46. The average molecular weight is 317 g/mol. The largest absolute Gasteiger partial charge is 0.341 e. The van der Waals surface area contributed by atoms with Crippen LogP contribution in [0.15, 0.2) is 12.4 Å². The zero-order valence-corrected chi connectivity index (χ0v) is 12.8. The van der Waals surface area contributed by atoms with Gasteiger partial charge in [0.15, 0.2) is 0 Å². The number of nitrogens with one attached hydrogen (secondary N) is 2. The van der Waals surface area contributed by atoms with E-state index in [-0.39, 0.29) is 12.1 Å². The van der Waals surface area contributed by atoms with E-state index >= 15 is 0 Å². The summed E-state index contributed by atoms with van der Waals surface area (Å²) in [4.78, 5) is 17.5. The highest BCUT2D eigenvalue weighted by Gasteiger charge is 2.21. The van der Waals surface area contributed by atoms with Crippen molar-refractivity contribution in [2.45, 2.75) is 25.4 Å². The lowest BCUT2D eigenvalue weighted by Gasteiger charge is -2.32. The van der Waals surface area contributed by atoms with Crippen LogP contribution in [0.3, 0.4) is 0 Å². The fraction of sp³-hybridized carbons (Fsp3) is 0.538. The molecule has 20 heavy (non-hydrogen) atoms. The maximum atomic E-state index is 11.3. The molecule has 0 spiro atoms. The molecule has 2 amide bonds. The number of nitrogens with zero attached hydrogens (tertiary/aromatic N) is 2. The van der Waals surface area contributed by atoms with Gasteiger partial charge >= 0.3 is 6.03 Å². The number of pyridine rings is 1. The topological polar surface area (TPSA) is 57.3 Å². The molecule has 0 saturated carbocycles. The van der Waals surface area contributed by atoms with Crippen molar-refractivity contribution in [3.8, 4) is 0 Å². The summed E-state index contributed by atoms with van der Waals surface area (Å²) < 4.78 is 0. The van der Waals surface area contributed by atoms with Crippen molar-refractivity contribution in [2.75, 3.05) is 20.1 Å². The summed E-state index contributed by atoms with van der Waals surface area (Å²) in [7, 11) is 1.62. The average Bonchev–Trinajstić information content (AvgIpc) is 2.44. The van der Waals surface area contributed by atoms with Crippen LogP contribution in [0, 0.1) is 0 Å². The summed E-state index contributed by atoms with van der Waals surface area (Å²) in [5, 5.41) is 6.71. The third kappa shape index (κ3) is 3.98. The van der Waals surface area contributed by atoms with Gasteiger partial charge in [0.1, 0.15) is 0 Å². The molecule has 2 rings (SSSR count). The highest BCUT2D eigenvalue weighted by molar-refractivity contribution is 6.35. The molecule has 0 bridgehead atoms. The van der Waals surface area contributed by atoms with Crippen molar-refractivity contribution >= 4 is 29.2 Å². The minimum Gasteiger partial charge on any atom is -0.341 e. The molecule has 1 aromatic rings. The molecule has 0 unspecified atom stereocenters. The number of carbonyl (C=O) groups is 1. The van der Waals surface area contributed by atoms with Crippen molar-refractivity contribution in [1.29, 1.82) is 0 Å². The van der Waals surface area contributed by atoms with Gasteiger partial charge in [0.05, 0.1) is 10.0 Å². The number of hydrogen-bond donors (Lipinski definition) is 2. The van der Waals surface area contributed by atoms with E-state index in [2.05, 4.69) is 20.5 Å². The number of rotatable bonds is 3. The van der Waals surface area contributed by atoms with Crippen LogP contribution >= 0.6 is 23.2 Å². The van der Waals surface area contributed by atoms with E-state index in [1.54, 1.807) is 19.4 Å². The van der Waals surface area contributed by atoms with E-state index in [4.69, 9.17) is 23.2 Å². The summed E-state index contributed by atoms with van der Waals surface area (Å²) in [6.45, 7) is 2.53. The van der Waals surface area contributed by atoms with Crippen molar-refractivity contribution < 1.29 is 4.79 Å². The quantitative estimate of drug-likeness (QED) is 0.899. The molecule has 2 heterocycles. The third-order valence-electron chi connectivity index (χ3n) is 3.48. The van der Waals surface area contributed by atoms with Gasteiger partial charge in [-0.3, -0.25) is 9.88 Å². The zero-order chi connectivity index (χ0) is 14.5. The first-order valence-electron chi connectivity index (χ1n) is 6.58. The van der Waals surface area contributed by atoms with Gasteiger partial charge in [0, 0.05) is 50.7 Å². The maximum absolute atomic E-state index is 11.3. The Bertz CT molecular complexity index is 455. The Morgan fingerprint density at radius 2 is 1.95 bits per heavy atom. The number of piperidine rings is 1. The zero-order valence-electron chi connectivity index (χ0n) is 11.3. The van der Waals surface area contributed by atoms with Gasteiger partial charge in [-0.25, -0.2) is 4.79 Å². The second-order valence-electron chi connectivity index (χ2n) is 4.86. The third-order valence-corrected chi connectivity index (χ3v) is 4.14. The lowest BCUT2D eigenvalue weighted by molar-refractivity contribution is 0.187. The Morgan fingerprint density at radius 3 is 2.50 bits per heavy atom. The van der Waals surface area contributed by atoms with Crippen LogP contribution in [-0.4, -0.2) is 42.1 Å². The molecular formula is C13H18Cl2N4O. The summed E-state index contributed by atoms with van der Waals surface area (Å²) in [5.74, 6) is 0. The number of hydrogen-bond acceptors (Lipinski definition) is 3. The number of likely N-dealkylation sites (tertiary alicyclic amines) is 1. The van der Waals surface area contributed by atoms with Crippen LogP contribution < -0.4 is 10.6 Å². The fourth-order valence-corrected chi connectivity index (χ4v) is 2.79. The van der Waals surface area contributed by atoms with Gasteiger partial charge in [-0.1, -0.05) is 23.2 Å².